The van der Waals surface area contributed by atoms with Crippen LogP contribution in [0.3, 0.4) is 0 Å². The zero-order valence-corrected chi connectivity index (χ0v) is 11.9. The van der Waals surface area contributed by atoms with E-state index in [1.807, 2.05) is 0 Å². The fraction of sp³-hybridized carbons (Fsp3) is 0.857. The summed E-state index contributed by atoms with van der Waals surface area (Å²) < 4.78 is 0. The number of nitrogens with zero attached hydrogens (tertiary/aromatic N) is 1. The van der Waals surface area contributed by atoms with Crippen molar-refractivity contribution in [3.05, 3.63) is 0 Å². The zero-order valence-electron chi connectivity index (χ0n) is 11.9. The van der Waals surface area contributed by atoms with Gasteiger partial charge >= 0.3 is 0 Å². The summed E-state index contributed by atoms with van der Waals surface area (Å²) in [5, 5.41) is 13.2. The van der Waals surface area contributed by atoms with Crippen molar-refractivity contribution in [2.45, 2.75) is 63.5 Å². The molecule has 0 aromatic carbocycles. The minimum absolute atomic E-state index is 0.107. The van der Waals surface area contributed by atoms with Crippen LogP contribution < -0.4 is 5.32 Å². The highest BCUT2D eigenvalue weighted by atomic mass is 16.3. The molecule has 0 spiro atoms. The van der Waals surface area contributed by atoms with Gasteiger partial charge in [-0.05, 0) is 26.7 Å². The van der Waals surface area contributed by atoms with Gasteiger partial charge in [0.2, 0.25) is 11.8 Å². The first-order valence-electron chi connectivity index (χ1n) is 7.16. The van der Waals surface area contributed by atoms with Crippen LogP contribution in [0.1, 0.15) is 52.4 Å². The Labute approximate surface area is 114 Å². The molecule has 0 bridgehead atoms. The van der Waals surface area contributed by atoms with Crippen molar-refractivity contribution in [1.29, 1.82) is 0 Å². The molecule has 19 heavy (non-hydrogen) atoms. The summed E-state index contributed by atoms with van der Waals surface area (Å²) in [5.74, 6) is -0.230. The van der Waals surface area contributed by atoms with Crippen LogP contribution in [0.25, 0.3) is 0 Å². The molecule has 108 valence electrons. The summed E-state index contributed by atoms with van der Waals surface area (Å²) in [6.45, 7) is 4.52. The smallest absolute Gasteiger partial charge is 0.245 e. The number of hydrogen-bond donors (Lipinski definition) is 2. The molecule has 1 aliphatic carbocycles. The molecule has 0 aromatic heterocycles. The molecular formula is C14H24N2O3. The summed E-state index contributed by atoms with van der Waals surface area (Å²) in [4.78, 5) is 25.9. The van der Waals surface area contributed by atoms with Crippen molar-refractivity contribution in [1.82, 2.24) is 10.2 Å². The summed E-state index contributed by atoms with van der Waals surface area (Å²) in [6.07, 6.45) is 4.62. The Morgan fingerprint density at radius 3 is 2.58 bits per heavy atom. The molecule has 0 radical (unpaired) electrons. The van der Waals surface area contributed by atoms with E-state index in [0.29, 0.717) is 25.9 Å². The molecule has 5 heteroatoms. The van der Waals surface area contributed by atoms with Crippen molar-refractivity contribution < 1.29 is 14.7 Å². The third kappa shape index (κ3) is 2.91. The monoisotopic (exact) mass is 268 g/mol. The number of carbonyl (C=O) groups excluding carboxylic acids is 2. The number of rotatable bonds is 2. The van der Waals surface area contributed by atoms with Crippen LogP contribution in [-0.2, 0) is 9.59 Å². The summed E-state index contributed by atoms with van der Waals surface area (Å²) in [5.41, 5.74) is -1.68. The predicted octanol–water partition coefficient (Wildman–Crippen LogP) is 0.809. The lowest BCUT2D eigenvalue weighted by molar-refractivity contribution is -0.153. The Morgan fingerprint density at radius 2 is 1.95 bits per heavy atom. The quantitative estimate of drug-likeness (QED) is 0.778. The molecule has 1 aliphatic heterocycles. The summed E-state index contributed by atoms with van der Waals surface area (Å²) in [6, 6.07) is 0. The van der Waals surface area contributed by atoms with E-state index in [1.54, 1.807) is 18.7 Å². The van der Waals surface area contributed by atoms with Crippen molar-refractivity contribution in [3.63, 3.8) is 0 Å². The molecule has 2 amide bonds. The number of nitrogens with one attached hydrogen (secondary N) is 1. The maximum Gasteiger partial charge on any atom is 0.245 e. The van der Waals surface area contributed by atoms with Crippen molar-refractivity contribution in [2.75, 3.05) is 13.1 Å². The lowest BCUT2D eigenvalue weighted by atomic mass is 9.81. The van der Waals surface area contributed by atoms with Gasteiger partial charge in [0.05, 0.1) is 12.0 Å². The molecule has 2 rings (SSSR count). The van der Waals surface area contributed by atoms with Gasteiger partial charge in [0.25, 0.3) is 0 Å². The second kappa shape index (κ2) is 5.12. The summed E-state index contributed by atoms with van der Waals surface area (Å²) >= 11 is 0. The number of hydrogen-bond acceptors (Lipinski definition) is 3. The van der Waals surface area contributed by atoms with Gasteiger partial charge in [-0.3, -0.25) is 9.59 Å². The van der Waals surface area contributed by atoms with Crippen LogP contribution in [0, 0.1) is 0 Å². The first-order valence-corrected chi connectivity index (χ1v) is 7.16. The van der Waals surface area contributed by atoms with E-state index in [2.05, 4.69) is 5.32 Å². The molecule has 0 atom stereocenters. The topological polar surface area (TPSA) is 69.6 Å². The Balaban J connectivity index is 2.04. The van der Waals surface area contributed by atoms with Crippen LogP contribution in [0.5, 0.6) is 0 Å². The standard InChI is InChI=1S/C14H24N2O3/c1-13(2)12(18)15-8-9-16(13)11(17)10-14(19)6-4-3-5-7-14/h19H,3-10H2,1-2H3,(H,15,18). The Kier molecular flexibility index (Phi) is 3.85. The van der Waals surface area contributed by atoms with E-state index in [-0.39, 0.29) is 18.2 Å². The van der Waals surface area contributed by atoms with Crippen molar-refractivity contribution >= 4 is 11.8 Å². The number of aliphatic hydroxyl groups is 1. The van der Waals surface area contributed by atoms with Crippen molar-refractivity contribution in [3.8, 4) is 0 Å². The molecular weight excluding hydrogens is 244 g/mol. The van der Waals surface area contributed by atoms with Crippen LogP contribution in [-0.4, -0.2) is 46.1 Å². The van der Waals surface area contributed by atoms with E-state index < -0.39 is 11.1 Å². The van der Waals surface area contributed by atoms with Crippen LogP contribution >= 0.6 is 0 Å². The van der Waals surface area contributed by atoms with Gasteiger partial charge in [-0.2, -0.15) is 0 Å². The highest BCUT2D eigenvalue weighted by Crippen LogP contribution is 2.32. The first kappa shape index (κ1) is 14.3. The Morgan fingerprint density at radius 1 is 1.32 bits per heavy atom. The molecule has 2 fully saturated rings. The maximum absolute atomic E-state index is 12.4. The molecule has 5 nitrogen and oxygen atoms in total. The Hall–Kier alpha value is -1.10. The van der Waals surface area contributed by atoms with E-state index >= 15 is 0 Å². The summed E-state index contributed by atoms with van der Waals surface area (Å²) in [7, 11) is 0. The molecule has 0 aromatic rings. The van der Waals surface area contributed by atoms with Crippen LogP contribution in [0.4, 0.5) is 0 Å². The first-order chi connectivity index (χ1) is 8.85. The van der Waals surface area contributed by atoms with Crippen LogP contribution in [0.15, 0.2) is 0 Å². The largest absolute Gasteiger partial charge is 0.389 e. The number of amides is 2. The van der Waals surface area contributed by atoms with E-state index in [9.17, 15) is 14.7 Å². The van der Waals surface area contributed by atoms with E-state index in [0.717, 1.165) is 19.3 Å². The van der Waals surface area contributed by atoms with Gasteiger partial charge in [0, 0.05) is 13.1 Å². The lowest BCUT2D eigenvalue weighted by Crippen LogP contribution is -2.64. The van der Waals surface area contributed by atoms with Gasteiger partial charge in [0.15, 0.2) is 0 Å². The normalized spacial score (nSPS) is 25.8. The van der Waals surface area contributed by atoms with Gasteiger partial charge in [-0.15, -0.1) is 0 Å². The predicted molar refractivity (Wildman–Crippen MR) is 71.5 cm³/mol. The zero-order chi connectivity index (χ0) is 14.1. The lowest BCUT2D eigenvalue weighted by Gasteiger charge is -2.43. The molecule has 1 heterocycles. The Bertz CT molecular complexity index is 373. The second-order valence-electron chi connectivity index (χ2n) is 6.32. The van der Waals surface area contributed by atoms with Gasteiger partial charge in [-0.25, -0.2) is 0 Å². The van der Waals surface area contributed by atoms with Gasteiger partial charge in [-0.1, -0.05) is 19.3 Å². The average Bonchev–Trinajstić information content (AvgIpc) is 2.32. The maximum atomic E-state index is 12.4. The molecule has 2 N–H and O–H groups in total. The minimum Gasteiger partial charge on any atom is -0.389 e. The molecule has 1 saturated carbocycles. The van der Waals surface area contributed by atoms with Crippen molar-refractivity contribution in [2.24, 2.45) is 0 Å². The molecule has 0 unspecified atom stereocenters. The van der Waals surface area contributed by atoms with E-state index in [1.165, 1.54) is 0 Å². The second-order valence-corrected chi connectivity index (χ2v) is 6.32. The highest BCUT2D eigenvalue weighted by Gasteiger charge is 2.42. The molecule has 2 aliphatic rings. The number of carbonyl (C=O) groups is 2. The van der Waals surface area contributed by atoms with Crippen LogP contribution in [0.2, 0.25) is 0 Å². The van der Waals surface area contributed by atoms with E-state index in [4.69, 9.17) is 0 Å². The fourth-order valence-electron chi connectivity index (χ4n) is 3.10. The molecule has 1 saturated heterocycles. The van der Waals surface area contributed by atoms with Gasteiger partial charge < -0.3 is 15.3 Å². The fourth-order valence-corrected chi connectivity index (χ4v) is 3.10. The third-order valence-corrected chi connectivity index (χ3v) is 4.42. The SMILES string of the molecule is CC1(C)C(=O)NCCN1C(=O)CC1(O)CCCCC1. The third-order valence-electron chi connectivity index (χ3n) is 4.42. The highest BCUT2D eigenvalue weighted by molar-refractivity contribution is 5.92. The minimum atomic E-state index is -0.862. The number of piperazine rings is 1. The van der Waals surface area contributed by atoms with Gasteiger partial charge in [0.1, 0.15) is 5.54 Å². The average molecular weight is 268 g/mol.